The number of hydrogen-bond acceptors (Lipinski definition) is 8. The molecule has 0 N–H and O–H groups in total. The Kier molecular flexibility index (Phi) is 8.81. The number of esters is 1. The van der Waals surface area contributed by atoms with Crippen LogP contribution < -0.4 is 24.4 Å². The molecule has 0 saturated heterocycles. The summed E-state index contributed by atoms with van der Waals surface area (Å²) in [4.78, 5) is 32.1. The Labute approximate surface area is 257 Å². The maximum absolute atomic E-state index is 13.9. The van der Waals surface area contributed by atoms with Crippen molar-refractivity contribution in [1.82, 2.24) is 4.57 Å². The number of aryl methyl sites for hydroxylation is 1. The number of hydrogen-bond donors (Lipinski definition) is 0. The molecular weight excluding hydrogens is 586 g/mol. The SMILES string of the molecule is CCOC(=O)C1=C(C)N=c2s/c(=C\c3cc(Cl)c(OCc4ccc(C#N)cc4)c(OC)c3)c(=O)n2[C@H]1c1ccc(C)cc1. The van der Waals surface area contributed by atoms with Gasteiger partial charge in [-0.3, -0.25) is 9.36 Å². The standard InChI is InChI=1S/C33H28ClN3O5S/c1-5-41-32(39)28-20(3)36-33-37(29(28)24-12-6-19(2)7-13-24)31(38)27(43-33)16-23-14-25(34)30(26(15-23)40-4)42-18-22-10-8-21(17-35)9-11-22/h6-16,29H,5,18H2,1-4H3/b27-16-/t29-/m0/s1. The van der Waals surface area contributed by atoms with Crippen molar-refractivity contribution in [1.29, 1.82) is 5.26 Å². The molecular formula is C33H28ClN3O5S. The van der Waals surface area contributed by atoms with Crippen LogP contribution >= 0.6 is 22.9 Å². The topological polar surface area (TPSA) is 103 Å². The first-order chi connectivity index (χ1) is 20.7. The summed E-state index contributed by atoms with van der Waals surface area (Å²) in [6.07, 6.45) is 1.72. The predicted molar refractivity (Wildman–Crippen MR) is 165 cm³/mol. The Balaban J connectivity index is 1.55. The molecule has 4 aromatic rings. The molecule has 0 saturated carbocycles. The number of aromatic nitrogens is 1. The summed E-state index contributed by atoms with van der Waals surface area (Å²) in [6, 6.07) is 19.6. The van der Waals surface area contributed by atoms with E-state index in [0.717, 1.165) is 16.7 Å². The summed E-state index contributed by atoms with van der Waals surface area (Å²) < 4.78 is 18.9. The average molecular weight is 614 g/mol. The van der Waals surface area contributed by atoms with Gasteiger partial charge in [-0.05, 0) is 67.8 Å². The molecule has 5 rings (SSSR count). The van der Waals surface area contributed by atoms with Crippen LogP contribution in [0.2, 0.25) is 5.02 Å². The summed E-state index contributed by atoms with van der Waals surface area (Å²) in [7, 11) is 1.51. The minimum atomic E-state index is -0.686. The van der Waals surface area contributed by atoms with Gasteiger partial charge < -0.3 is 14.2 Å². The molecule has 0 amide bonds. The zero-order chi connectivity index (χ0) is 30.7. The summed E-state index contributed by atoms with van der Waals surface area (Å²) in [5.74, 6) is 0.260. The zero-order valence-corrected chi connectivity index (χ0v) is 25.6. The number of methoxy groups -OCH3 is 1. The van der Waals surface area contributed by atoms with E-state index < -0.39 is 12.0 Å². The number of carbonyl (C=O) groups is 1. The van der Waals surface area contributed by atoms with E-state index in [4.69, 9.17) is 31.1 Å². The summed E-state index contributed by atoms with van der Waals surface area (Å²) >= 11 is 7.86. The van der Waals surface area contributed by atoms with Gasteiger partial charge in [-0.1, -0.05) is 64.9 Å². The molecule has 0 bridgehead atoms. The van der Waals surface area contributed by atoms with Crippen molar-refractivity contribution >= 4 is 35.0 Å². The number of allylic oxidation sites excluding steroid dienone is 1. The smallest absolute Gasteiger partial charge is 0.338 e. The van der Waals surface area contributed by atoms with Crippen molar-refractivity contribution in [2.45, 2.75) is 33.4 Å². The second-order valence-electron chi connectivity index (χ2n) is 9.84. The van der Waals surface area contributed by atoms with Crippen LogP contribution in [0.25, 0.3) is 6.08 Å². The first-order valence-corrected chi connectivity index (χ1v) is 14.7. The summed E-state index contributed by atoms with van der Waals surface area (Å²) in [5, 5.41) is 9.32. The predicted octanol–water partition coefficient (Wildman–Crippen LogP) is 5.22. The van der Waals surface area contributed by atoms with E-state index in [1.54, 1.807) is 48.8 Å². The first kappa shape index (κ1) is 29.8. The van der Waals surface area contributed by atoms with E-state index in [9.17, 15) is 9.59 Å². The van der Waals surface area contributed by atoms with Gasteiger partial charge in [0.05, 0.1) is 52.2 Å². The molecule has 0 aliphatic carbocycles. The fourth-order valence-electron chi connectivity index (χ4n) is 4.80. The zero-order valence-electron chi connectivity index (χ0n) is 24.0. The molecule has 0 unspecified atom stereocenters. The number of fused-ring (bicyclic) bond motifs is 1. The molecule has 1 aliphatic heterocycles. The molecule has 218 valence electrons. The largest absolute Gasteiger partial charge is 0.493 e. The number of ether oxygens (including phenoxy) is 3. The molecule has 1 aromatic heterocycles. The van der Waals surface area contributed by atoms with Gasteiger partial charge in [0.1, 0.15) is 6.61 Å². The van der Waals surface area contributed by atoms with E-state index in [1.165, 1.54) is 18.4 Å². The van der Waals surface area contributed by atoms with Gasteiger partial charge >= 0.3 is 5.97 Å². The third kappa shape index (κ3) is 6.12. The second-order valence-corrected chi connectivity index (χ2v) is 11.3. The van der Waals surface area contributed by atoms with Gasteiger partial charge in [-0.2, -0.15) is 5.26 Å². The van der Waals surface area contributed by atoms with Gasteiger partial charge in [0.2, 0.25) is 0 Å². The molecule has 1 atom stereocenters. The van der Waals surface area contributed by atoms with E-state index in [2.05, 4.69) is 11.1 Å². The average Bonchev–Trinajstić information content (AvgIpc) is 3.30. The fraction of sp³-hybridized carbons (Fsp3) is 0.212. The lowest BCUT2D eigenvalue weighted by atomic mass is 9.95. The van der Waals surface area contributed by atoms with Gasteiger partial charge in [0, 0.05) is 0 Å². The Bertz CT molecular complexity index is 1950. The molecule has 8 nitrogen and oxygen atoms in total. The Morgan fingerprint density at radius 3 is 2.51 bits per heavy atom. The van der Waals surface area contributed by atoms with Crippen LogP contribution in [0.1, 0.15) is 47.7 Å². The first-order valence-electron chi connectivity index (χ1n) is 13.5. The van der Waals surface area contributed by atoms with Crippen LogP contribution in [-0.4, -0.2) is 24.3 Å². The van der Waals surface area contributed by atoms with E-state index in [-0.39, 0.29) is 18.8 Å². The summed E-state index contributed by atoms with van der Waals surface area (Å²) in [6.45, 7) is 5.90. The van der Waals surface area contributed by atoms with Gasteiger partial charge in [0.25, 0.3) is 5.56 Å². The van der Waals surface area contributed by atoms with Crippen LogP contribution in [0.4, 0.5) is 0 Å². The van der Waals surface area contributed by atoms with Crippen molar-refractivity contribution in [2.24, 2.45) is 4.99 Å². The van der Waals surface area contributed by atoms with Crippen LogP contribution in [0.15, 0.2) is 81.7 Å². The highest BCUT2D eigenvalue weighted by atomic mass is 35.5. The summed E-state index contributed by atoms with van der Waals surface area (Å²) in [5.41, 5.74) is 4.44. The highest BCUT2D eigenvalue weighted by Gasteiger charge is 2.33. The molecule has 1 aliphatic rings. The number of nitriles is 1. The maximum atomic E-state index is 13.9. The second kappa shape index (κ2) is 12.7. The molecule has 0 radical (unpaired) electrons. The molecule has 10 heteroatoms. The maximum Gasteiger partial charge on any atom is 0.338 e. The number of thiazole rings is 1. The van der Waals surface area contributed by atoms with E-state index in [1.807, 2.05) is 43.3 Å². The van der Waals surface area contributed by atoms with Gasteiger partial charge in [-0.15, -0.1) is 0 Å². The fourth-order valence-corrected chi connectivity index (χ4v) is 6.12. The van der Waals surface area contributed by atoms with Crippen molar-refractivity contribution in [2.75, 3.05) is 13.7 Å². The van der Waals surface area contributed by atoms with Crippen molar-refractivity contribution < 1.29 is 19.0 Å². The third-order valence-electron chi connectivity index (χ3n) is 6.93. The molecule has 0 spiro atoms. The normalized spacial score (nSPS) is 14.5. The highest BCUT2D eigenvalue weighted by Crippen LogP contribution is 2.37. The van der Waals surface area contributed by atoms with Crippen molar-refractivity contribution in [3.63, 3.8) is 0 Å². The molecule has 0 fully saturated rings. The number of benzene rings is 3. The van der Waals surface area contributed by atoms with Crippen molar-refractivity contribution in [3.05, 3.63) is 124 Å². The lowest BCUT2D eigenvalue weighted by Crippen LogP contribution is -2.39. The Hall–Kier alpha value is -4.65. The lowest BCUT2D eigenvalue weighted by molar-refractivity contribution is -0.139. The molecule has 2 heterocycles. The number of halogens is 1. The van der Waals surface area contributed by atoms with Crippen LogP contribution in [-0.2, 0) is 16.1 Å². The van der Waals surface area contributed by atoms with E-state index >= 15 is 0 Å². The van der Waals surface area contributed by atoms with Crippen LogP contribution in [0.5, 0.6) is 11.5 Å². The quantitative estimate of drug-likeness (QED) is 0.253. The van der Waals surface area contributed by atoms with Gasteiger partial charge in [-0.25, -0.2) is 9.79 Å². The minimum absolute atomic E-state index is 0.205. The molecule has 43 heavy (non-hydrogen) atoms. The number of carbonyl (C=O) groups excluding carboxylic acids is 1. The van der Waals surface area contributed by atoms with Crippen LogP contribution in [0, 0.1) is 18.3 Å². The lowest BCUT2D eigenvalue weighted by Gasteiger charge is -2.24. The van der Waals surface area contributed by atoms with E-state index in [0.29, 0.717) is 48.3 Å². The van der Waals surface area contributed by atoms with Crippen LogP contribution in [0.3, 0.4) is 0 Å². The Morgan fingerprint density at radius 1 is 1.14 bits per heavy atom. The monoisotopic (exact) mass is 613 g/mol. The Morgan fingerprint density at radius 2 is 1.86 bits per heavy atom. The third-order valence-corrected chi connectivity index (χ3v) is 8.19. The number of nitrogens with zero attached hydrogens (tertiary/aromatic N) is 3. The molecule has 3 aromatic carbocycles. The van der Waals surface area contributed by atoms with Gasteiger partial charge in [0.15, 0.2) is 16.3 Å². The highest BCUT2D eigenvalue weighted by molar-refractivity contribution is 7.07. The number of rotatable bonds is 8. The van der Waals surface area contributed by atoms with Crippen molar-refractivity contribution in [3.8, 4) is 17.6 Å². The minimum Gasteiger partial charge on any atom is -0.493 e.